The summed E-state index contributed by atoms with van der Waals surface area (Å²) >= 11 is 0. The summed E-state index contributed by atoms with van der Waals surface area (Å²) in [4.78, 5) is 45.1. The number of nitrogens with one attached hydrogen (secondary N) is 2. The standard InChI is InChI=1S/C17H26N6O3/c1-4-5-8-23-15-14(16(25)20-17(23)26)22(3)12(19-15)9-21(2)10-13(24)18-11-6-7-11/h11H,4-10H2,1-3H3,(H,18,24)(H,20,25,26). The van der Waals surface area contributed by atoms with Gasteiger partial charge in [-0.05, 0) is 26.3 Å². The SMILES string of the molecule is CCCCn1c(=O)[nH]c(=O)c2c1nc(CN(C)CC(=O)NC1CC1)n2C. The predicted molar refractivity (Wildman–Crippen MR) is 98.0 cm³/mol. The molecular formula is C17H26N6O3. The summed E-state index contributed by atoms with van der Waals surface area (Å²) in [5, 5.41) is 2.95. The molecule has 3 rings (SSSR count). The van der Waals surface area contributed by atoms with Crippen LogP contribution in [0.15, 0.2) is 9.59 Å². The molecule has 0 atom stereocenters. The van der Waals surface area contributed by atoms with Gasteiger partial charge in [-0.3, -0.25) is 24.0 Å². The van der Waals surface area contributed by atoms with Crippen molar-refractivity contribution in [3.8, 4) is 0 Å². The number of aromatic amines is 1. The van der Waals surface area contributed by atoms with Gasteiger partial charge in [-0.1, -0.05) is 13.3 Å². The second-order valence-electron chi connectivity index (χ2n) is 7.04. The Balaban J connectivity index is 1.85. The van der Waals surface area contributed by atoms with Gasteiger partial charge in [-0.15, -0.1) is 0 Å². The molecule has 1 aliphatic rings. The molecule has 0 aliphatic heterocycles. The minimum atomic E-state index is -0.437. The van der Waals surface area contributed by atoms with Gasteiger partial charge in [0, 0.05) is 19.6 Å². The summed E-state index contributed by atoms with van der Waals surface area (Å²) < 4.78 is 3.22. The third-order valence-electron chi connectivity index (χ3n) is 4.61. The molecule has 2 N–H and O–H groups in total. The molecule has 1 aliphatic carbocycles. The summed E-state index contributed by atoms with van der Waals surface area (Å²) in [7, 11) is 3.59. The van der Waals surface area contributed by atoms with Crippen LogP contribution >= 0.6 is 0 Å². The maximum Gasteiger partial charge on any atom is 0.330 e. The molecule has 0 bridgehead atoms. The normalized spacial score (nSPS) is 14.3. The quantitative estimate of drug-likeness (QED) is 0.684. The molecule has 2 heterocycles. The Labute approximate surface area is 151 Å². The van der Waals surface area contributed by atoms with Gasteiger partial charge in [-0.25, -0.2) is 9.78 Å². The lowest BCUT2D eigenvalue weighted by molar-refractivity contribution is -0.122. The molecule has 0 unspecified atom stereocenters. The number of rotatable bonds is 8. The minimum Gasteiger partial charge on any atom is -0.352 e. The van der Waals surface area contributed by atoms with E-state index in [4.69, 9.17) is 0 Å². The molecule has 0 spiro atoms. The second kappa shape index (κ2) is 7.45. The molecule has 0 radical (unpaired) electrons. The van der Waals surface area contributed by atoms with Gasteiger partial charge in [0.1, 0.15) is 5.82 Å². The highest BCUT2D eigenvalue weighted by Crippen LogP contribution is 2.18. The maximum atomic E-state index is 12.2. The molecule has 142 valence electrons. The number of imidazole rings is 1. The van der Waals surface area contributed by atoms with Gasteiger partial charge >= 0.3 is 5.69 Å². The summed E-state index contributed by atoms with van der Waals surface area (Å²) in [5.41, 5.74) is -0.0852. The Kier molecular flexibility index (Phi) is 5.26. The molecule has 1 amide bonds. The fourth-order valence-electron chi connectivity index (χ4n) is 3.00. The Morgan fingerprint density at radius 3 is 2.77 bits per heavy atom. The van der Waals surface area contributed by atoms with Crippen LogP contribution in [0.25, 0.3) is 11.2 Å². The van der Waals surface area contributed by atoms with Crippen molar-refractivity contribution in [3.05, 3.63) is 26.7 Å². The maximum absolute atomic E-state index is 12.2. The molecule has 9 nitrogen and oxygen atoms in total. The zero-order valence-electron chi connectivity index (χ0n) is 15.5. The van der Waals surface area contributed by atoms with E-state index in [0.717, 1.165) is 25.7 Å². The lowest BCUT2D eigenvalue weighted by Gasteiger charge is -2.15. The van der Waals surface area contributed by atoms with Crippen LogP contribution in [0.4, 0.5) is 0 Å². The van der Waals surface area contributed by atoms with Gasteiger partial charge < -0.3 is 9.88 Å². The fraction of sp³-hybridized carbons (Fsp3) is 0.647. The van der Waals surface area contributed by atoms with E-state index in [0.29, 0.717) is 36.1 Å². The van der Waals surface area contributed by atoms with Crippen LogP contribution in [0.1, 0.15) is 38.4 Å². The van der Waals surface area contributed by atoms with Crippen molar-refractivity contribution < 1.29 is 4.79 Å². The largest absolute Gasteiger partial charge is 0.352 e. The number of amides is 1. The first-order valence-electron chi connectivity index (χ1n) is 9.07. The Bertz CT molecular complexity index is 921. The molecule has 1 saturated carbocycles. The van der Waals surface area contributed by atoms with Crippen LogP contribution in [0.5, 0.6) is 0 Å². The first-order valence-corrected chi connectivity index (χ1v) is 9.07. The van der Waals surface area contributed by atoms with Crippen LogP contribution in [0, 0.1) is 0 Å². The van der Waals surface area contributed by atoms with E-state index in [1.165, 1.54) is 4.57 Å². The number of nitrogens with zero attached hydrogens (tertiary/aromatic N) is 4. The van der Waals surface area contributed by atoms with Gasteiger partial charge in [-0.2, -0.15) is 0 Å². The molecule has 2 aromatic heterocycles. The van der Waals surface area contributed by atoms with E-state index >= 15 is 0 Å². The summed E-state index contributed by atoms with van der Waals surface area (Å²) in [6.07, 6.45) is 3.87. The van der Waals surface area contributed by atoms with Crippen molar-refractivity contribution in [2.75, 3.05) is 13.6 Å². The number of carbonyl (C=O) groups is 1. The first kappa shape index (κ1) is 18.4. The lowest BCUT2D eigenvalue weighted by atomic mass is 10.3. The van der Waals surface area contributed by atoms with Crippen molar-refractivity contribution >= 4 is 17.1 Å². The lowest BCUT2D eigenvalue weighted by Crippen LogP contribution is -2.36. The predicted octanol–water partition coefficient (Wildman–Crippen LogP) is -0.0662. The van der Waals surface area contributed by atoms with E-state index in [1.54, 1.807) is 11.6 Å². The monoisotopic (exact) mass is 362 g/mol. The Morgan fingerprint density at radius 2 is 2.12 bits per heavy atom. The molecular weight excluding hydrogens is 336 g/mol. The molecule has 9 heteroatoms. The second-order valence-corrected chi connectivity index (χ2v) is 7.04. The fourth-order valence-corrected chi connectivity index (χ4v) is 3.00. The number of aryl methyl sites for hydroxylation is 2. The highest BCUT2D eigenvalue weighted by molar-refractivity contribution is 5.78. The molecule has 0 aromatic carbocycles. The number of H-pyrrole nitrogens is 1. The van der Waals surface area contributed by atoms with Crippen LogP contribution < -0.4 is 16.6 Å². The van der Waals surface area contributed by atoms with Crippen LogP contribution in [-0.4, -0.2) is 49.5 Å². The topological polar surface area (TPSA) is 105 Å². The average Bonchev–Trinajstić information content (AvgIpc) is 3.30. The van der Waals surface area contributed by atoms with Crippen molar-refractivity contribution in [3.63, 3.8) is 0 Å². The van der Waals surface area contributed by atoms with E-state index < -0.39 is 11.2 Å². The van der Waals surface area contributed by atoms with Gasteiger partial charge in [0.15, 0.2) is 11.2 Å². The van der Waals surface area contributed by atoms with Gasteiger partial charge in [0.2, 0.25) is 5.91 Å². The third kappa shape index (κ3) is 3.87. The number of hydrogen-bond acceptors (Lipinski definition) is 5. The van der Waals surface area contributed by atoms with Crippen molar-refractivity contribution in [1.29, 1.82) is 0 Å². The number of unbranched alkanes of at least 4 members (excludes halogenated alkanes) is 1. The van der Waals surface area contributed by atoms with E-state index in [1.807, 2.05) is 18.9 Å². The number of fused-ring (bicyclic) bond motifs is 1. The molecule has 2 aromatic rings. The van der Waals surface area contributed by atoms with Crippen molar-refractivity contribution in [2.45, 2.75) is 51.7 Å². The summed E-state index contributed by atoms with van der Waals surface area (Å²) in [5.74, 6) is 0.634. The number of carbonyl (C=O) groups excluding carboxylic acids is 1. The summed E-state index contributed by atoms with van der Waals surface area (Å²) in [6, 6.07) is 0.332. The third-order valence-corrected chi connectivity index (χ3v) is 4.61. The van der Waals surface area contributed by atoms with Gasteiger partial charge in [0.25, 0.3) is 5.56 Å². The van der Waals surface area contributed by atoms with E-state index in [9.17, 15) is 14.4 Å². The highest BCUT2D eigenvalue weighted by atomic mass is 16.2. The summed E-state index contributed by atoms with van der Waals surface area (Å²) in [6.45, 7) is 3.22. The zero-order chi connectivity index (χ0) is 18.8. The van der Waals surface area contributed by atoms with Crippen LogP contribution in [0.2, 0.25) is 0 Å². The molecule has 0 saturated heterocycles. The van der Waals surface area contributed by atoms with E-state index in [-0.39, 0.29) is 12.5 Å². The first-order chi connectivity index (χ1) is 12.4. The zero-order valence-corrected chi connectivity index (χ0v) is 15.5. The Morgan fingerprint density at radius 1 is 1.38 bits per heavy atom. The smallest absolute Gasteiger partial charge is 0.330 e. The minimum absolute atomic E-state index is 0.00790. The molecule has 26 heavy (non-hydrogen) atoms. The molecule has 1 fully saturated rings. The van der Waals surface area contributed by atoms with Crippen LogP contribution in [0.3, 0.4) is 0 Å². The van der Waals surface area contributed by atoms with Gasteiger partial charge in [0.05, 0.1) is 13.1 Å². The number of likely N-dealkylation sites (N-methyl/N-ethyl adjacent to an activating group) is 1. The average molecular weight is 362 g/mol. The number of aromatic nitrogens is 4. The van der Waals surface area contributed by atoms with Crippen LogP contribution in [-0.2, 0) is 24.9 Å². The highest BCUT2D eigenvalue weighted by Gasteiger charge is 2.24. The number of hydrogen-bond donors (Lipinski definition) is 2. The van der Waals surface area contributed by atoms with Crippen molar-refractivity contribution in [1.82, 2.24) is 29.3 Å². The Hall–Kier alpha value is -2.42. The van der Waals surface area contributed by atoms with E-state index in [2.05, 4.69) is 15.3 Å². The van der Waals surface area contributed by atoms with Crippen molar-refractivity contribution in [2.24, 2.45) is 7.05 Å².